The van der Waals surface area contributed by atoms with Crippen LogP contribution >= 0.6 is 23.1 Å². The van der Waals surface area contributed by atoms with Gasteiger partial charge in [0.05, 0.1) is 7.11 Å². The summed E-state index contributed by atoms with van der Waals surface area (Å²) in [6.07, 6.45) is 0. The molecule has 2 aromatic carbocycles. The van der Waals surface area contributed by atoms with Gasteiger partial charge in [-0.25, -0.2) is 4.98 Å². The van der Waals surface area contributed by atoms with E-state index in [4.69, 9.17) is 9.15 Å². The van der Waals surface area contributed by atoms with Crippen molar-refractivity contribution in [2.75, 3.05) is 25.5 Å². The molecule has 0 unspecified atom stereocenters. The van der Waals surface area contributed by atoms with Crippen LogP contribution in [-0.2, 0) is 10.5 Å². The molecule has 0 fully saturated rings. The van der Waals surface area contributed by atoms with Gasteiger partial charge in [-0.15, -0.1) is 11.3 Å². The van der Waals surface area contributed by atoms with Gasteiger partial charge in [0.15, 0.2) is 5.76 Å². The van der Waals surface area contributed by atoms with Gasteiger partial charge >= 0.3 is 0 Å². The predicted molar refractivity (Wildman–Crippen MR) is 136 cm³/mol. The first kappa shape index (κ1) is 23.8. The fraction of sp³-hybridized carbons (Fsp3) is 0.240. The second-order valence-electron chi connectivity index (χ2n) is 7.55. The largest absolute Gasteiger partial charge is 0.497 e. The minimum absolute atomic E-state index is 0.0954. The normalized spacial score (nSPS) is 10.9. The number of thioether (sulfide) groups is 1. The molecule has 34 heavy (non-hydrogen) atoms. The summed E-state index contributed by atoms with van der Waals surface area (Å²) in [4.78, 5) is 32.2. The highest BCUT2D eigenvalue weighted by atomic mass is 32.2. The molecule has 0 saturated carbocycles. The van der Waals surface area contributed by atoms with Gasteiger partial charge in [-0.05, 0) is 32.0 Å². The lowest BCUT2D eigenvalue weighted by atomic mass is 10.1. The number of furan rings is 1. The van der Waals surface area contributed by atoms with Crippen LogP contribution in [-0.4, -0.2) is 41.9 Å². The number of nitrogens with zero attached hydrogens (tertiary/aromatic N) is 2. The third kappa shape index (κ3) is 5.43. The van der Waals surface area contributed by atoms with Crippen molar-refractivity contribution in [2.24, 2.45) is 0 Å². The van der Waals surface area contributed by atoms with Gasteiger partial charge < -0.3 is 19.4 Å². The standard InChI is InChI=1S/C25H25N3O4S2/c1-4-28(13-22(29)27-17-8-7-9-18(12-17)31-3)24(30)23-20(15-34-25-26-16(2)14-33-25)19-10-5-6-11-21(19)32-23/h5-12,14H,4,13,15H2,1-3H3,(H,27,29). The molecule has 0 bridgehead atoms. The summed E-state index contributed by atoms with van der Waals surface area (Å²) in [5.74, 6) is 0.830. The number of rotatable bonds is 9. The monoisotopic (exact) mass is 495 g/mol. The van der Waals surface area contributed by atoms with Gasteiger partial charge in [0, 0.05) is 46.1 Å². The summed E-state index contributed by atoms with van der Waals surface area (Å²) in [6.45, 7) is 4.06. The highest BCUT2D eigenvalue weighted by molar-refractivity contribution is 8.00. The number of carbonyl (C=O) groups is 2. The van der Waals surface area contributed by atoms with Crippen molar-refractivity contribution < 1.29 is 18.7 Å². The van der Waals surface area contributed by atoms with E-state index in [0.29, 0.717) is 29.3 Å². The number of thiazole rings is 1. The SMILES string of the molecule is CCN(CC(=O)Nc1cccc(OC)c1)C(=O)c1oc2ccccc2c1CSc1nc(C)cs1. The molecule has 0 saturated heterocycles. The number of amides is 2. The molecule has 0 spiro atoms. The van der Waals surface area contributed by atoms with E-state index in [1.165, 1.54) is 4.90 Å². The quantitative estimate of drug-likeness (QED) is 0.304. The number of carbonyl (C=O) groups excluding carboxylic acids is 2. The van der Waals surface area contributed by atoms with Gasteiger partial charge in [-0.1, -0.05) is 36.0 Å². The lowest BCUT2D eigenvalue weighted by Gasteiger charge is -2.20. The average Bonchev–Trinajstić information content (AvgIpc) is 3.43. The zero-order valence-corrected chi connectivity index (χ0v) is 20.8. The van der Waals surface area contributed by atoms with Crippen LogP contribution in [0.1, 0.15) is 28.7 Å². The van der Waals surface area contributed by atoms with E-state index < -0.39 is 0 Å². The number of anilines is 1. The van der Waals surface area contributed by atoms with Crippen LogP contribution < -0.4 is 10.1 Å². The van der Waals surface area contributed by atoms with E-state index in [9.17, 15) is 9.59 Å². The maximum absolute atomic E-state index is 13.5. The minimum atomic E-state index is -0.314. The molecule has 1 N–H and O–H groups in total. The van der Waals surface area contributed by atoms with Crippen molar-refractivity contribution in [2.45, 2.75) is 23.9 Å². The van der Waals surface area contributed by atoms with Crippen LogP contribution in [0.15, 0.2) is 62.7 Å². The van der Waals surface area contributed by atoms with Crippen LogP contribution in [0.4, 0.5) is 5.69 Å². The second kappa shape index (κ2) is 10.8. The van der Waals surface area contributed by atoms with Crippen LogP contribution in [0.2, 0.25) is 0 Å². The molecule has 0 aliphatic heterocycles. The molecule has 176 valence electrons. The summed E-state index contributed by atoms with van der Waals surface area (Å²) in [6, 6.07) is 14.7. The summed E-state index contributed by atoms with van der Waals surface area (Å²) >= 11 is 3.15. The maximum atomic E-state index is 13.5. The number of benzene rings is 2. The Bertz CT molecular complexity index is 1310. The van der Waals surface area contributed by atoms with Crippen molar-refractivity contribution in [3.8, 4) is 5.75 Å². The summed E-state index contributed by atoms with van der Waals surface area (Å²) in [7, 11) is 1.57. The Balaban J connectivity index is 1.54. The number of hydrogen-bond acceptors (Lipinski definition) is 7. The predicted octanol–water partition coefficient (Wildman–Crippen LogP) is 5.60. The van der Waals surface area contributed by atoms with E-state index in [1.807, 2.05) is 43.5 Å². The van der Waals surface area contributed by atoms with Gasteiger partial charge in [0.2, 0.25) is 5.91 Å². The van der Waals surface area contributed by atoms with Gasteiger partial charge in [-0.2, -0.15) is 0 Å². The maximum Gasteiger partial charge on any atom is 0.290 e. The molecule has 0 aliphatic rings. The Kier molecular flexibility index (Phi) is 7.54. The van der Waals surface area contributed by atoms with Crippen molar-refractivity contribution >= 4 is 51.6 Å². The molecule has 2 aromatic heterocycles. The second-order valence-corrected chi connectivity index (χ2v) is 9.63. The van der Waals surface area contributed by atoms with Gasteiger partial charge in [-0.3, -0.25) is 9.59 Å². The first-order chi connectivity index (χ1) is 16.5. The molecule has 2 heterocycles. The highest BCUT2D eigenvalue weighted by Gasteiger charge is 2.26. The number of aromatic nitrogens is 1. The smallest absolute Gasteiger partial charge is 0.290 e. The van der Waals surface area contributed by atoms with E-state index in [1.54, 1.807) is 54.5 Å². The number of para-hydroxylation sites is 1. The van der Waals surface area contributed by atoms with Crippen molar-refractivity contribution in [1.82, 2.24) is 9.88 Å². The summed E-state index contributed by atoms with van der Waals surface area (Å²) in [5.41, 5.74) is 3.03. The van der Waals surface area contributed by atoms with Crippen molar-refractivity contribution in [1.29, 1.82) is 0 Å². The third-order valence-corrected chi connectivity index (χ3v) is 7.35. The van der Waals surface area contributed by atoms with Crippen LogP contribution in [0.25, 0.3) is 11.0 Å². The van der Waals surface area contributed by atoms with E-state index in [-0.39, 0.29) is 24.1 Å². The van der Waals surface area contributed by atoms with Crippen molar-refractivity contribution in [3.63, 3.8) is 0 Å². The zero-order valence-electron chi connectivity index (χ0n) is 19.2. The number of likely N-dealkylation sites (N-methyl/N-ethyl adjacent to an activating group) is 1. The molecule has 9 heteroatoms. The molecular weight excluding hydrogens is 470 g/mol. The Hall–Kier alpha value is -3.30. The van der Waals surface area contributed by atoms with Gasteiger partial charge in [0.1, 0.15) is 22.2 Å². The average molecular weight is 496 g/mol. The molecule has 0 radical (unpaired) electrons. The fourth-order valence-corrected chi connectivity index (χ4v) is 5.37. The minimum Gasteiger partial charge on any atom is -0.497 e. The van der Waals surface area contributed by atoms with E-state index in [0.717, 1.165) is 21.0 Å². The zero-order chi connectivity index (χ0) is 24.1. The lowest BCUT2D eigenvalue weighted by Crippen LogP contribution is -2.38. The molecule has 4 aromatic rings. The molecule has 7 nitrogen and oxygen atoms in total. The summed E-state index contributed by atoms with van der Waals surface area (Å²) in [5, 5.41) is 5.72. The topological polar surface area (TPSA) is 84.7 Å². The first-order valence-electron chi connectivity index (χ1n) is 10.8. The Labute approximate surface area is 206 Å². The molecule has 0 atom stereocenters. The lowest BCUT2D eigenvalue weighted by molar-refractivity contribution is -0.116. The van der Waals surface area contributed by atoms with Crippen LogP contribution in [0, 0.1) is 6.92 Å². The number of fused-ring (bicyclic) bond motifs is 1. The van der Waals surface area contributed by atoms with Crippen LogP contribution in [0.5, 0.6) is 5.75 Å². The number of methoxy groups -OCH3 is 1. The number of ether oxygens (including phenoxy) is 1. The molecule has 4 rings (SSSR count). The Morgan fingerprint density at radius 3 is 2.76 bits per heavy atom. The van der Waals surface area contributed by atoms with E-state index >= 15 is 0 Å². The van der Waals surface area contributed by atoms with E-state index in [2.05, 4.69) is 10.3 Å². The highest BCUT2D eigenvalue weighted by Crippen LogP contribution is 2.33. The first-order valence-corrected chi connectivity index (χ1v) is 12.6. The number of hydrogen-bond donors (Lipinski definition) is 1. The fourth-order valence-electron chi connectivity index (χ4n) is 3.49. The summed E-state index contributed by atoms with van der Waals surface area (Å²) < 4.78 is 12.1. The molecule has 0 aliphatic carbocycles. The van der Waals surface area contributed by atoms with Crippen LogP contribution in [0.3, 0.4) is 0 Å². The number of nitrogens with one attached hydrogen (secondary N) is 1. The van der Waals surface area contributed by atoms with Crippen molar-refractivity contribution in [3.05, 3.63) is 70.9 Å². The Morgan fingerprint density at radius 2 is 2.03 bits per heavy atom. The number of aryl methyl sites for hydroxylation is 1. The molecular formula is C25H25N3O4S2. The molecule has 2 amide bonds. The third-order valence-electron chi connectivity index (χ3n) is 5.19. The Morgan fingerprint density at radius 1 is 1.21 bits per heavy atom. The van der Waals surface area contributed by atoms with Gasteiger partial charge in [0.25, 0.3) is 5.91 Å².